The molecule has 4 aliphatic rings. The Morgan fingerprint density at radius 3 is 2.52 bits per heavy atom. The maximum absolute atomic E-state index is 5.70. The van der Waals surface area contributed by atoms with Crippen molar-refractivity contribution in [3.8, 4) is 17.0 Å². The van der Waals surface area contributed by atoms with Crippen LogP contribution in [-0.2, 0) is 5.41 Å². The Morgan fingerprint density at radius 2 is 1.82 bits per heavy atom. The maximum atomic E-state index is 5.70. The third kappa shape index (κ3) is 3.84. The Hall–Kier alpha value is -2.75. The van der Waals surface area contributed by atoms with E-state index >= 15 is 0 Å². The van der Waals surface area contributed by atoms with Gasteiger partial charge in [-0.1, -0.05) is 24.3 Å². The van der Waals surface area contributed by atoms with Crippen LogP contribution in [0, 0.1) is 12.3 Å². The van der Waals surface area contributed by atoms with Gasteiger partial charge in [0, 0.05) is 23.7 Å². The summed E-state index contributed by atoms with van der Waals surface area (Å²) in [4.78, 5) is 4.72. The van der Waals surface area contributed by atoms with E-state index < -0.39 is 0 Å². The first kappa shape index (κ1) is 20.8. The first-order valence-corrected chi connectivity index (χ1v) is 12.5. The minimum absolute atomic E-state index is 0.366. The zero-order valence-corrected chi connectivity index (χ0v) is 19.8. The van der Waals surface area contributed by atoms with Crippen LogP contribution in [0.15, 0.2) is 53.1 Å². The number of aryl methyl sites for hydroxylation is 1. The van der Waals surface area contributed by atoms with Crippen LogP contribution in [-0.4, -0.2) is 18.6 Å². The lowest BCUT2D eigenvalue weighted by molar-refractivity contribution is 0.0505. The number of rotatable bonds is 7. The van der Waals surface area contributed by atoms with Crippen molar-refractivity contribution >= 4 is 5.69 Å². The van der Waals surface area contributed by atoms with Crippen molar-refractivity contribution in [3.05, 3.63) is 65.7 Å². The molecule has 2 bridgehead atoms. The zero-order chi connectivity index (χ0) is 22.5. The second kappa shape index (κ2) is 7.93. The summed E-state index contributed by atoms with van der Waals surface area (Å²) >= 11 is 0. The molecule has 4 aliphatic carbocycles. The molecule has 0 amide bonds. The maximum Gasteiger partial charge on any atom is 0.197 e. The third-order valence-electron chi connectivity index (χ3n) is 8.68. The number of benzene rings is 2. The van der Waals surface area contributed by atoms with Gasteiger partial charge in [0.05, 0.1) is 7.11 Å². The molecule has 4 saturated carbocycles. The van der Waals surface area contributed by atoms with Gasteiger partial charge in [-0.15, -0.1) is 0 Å². The Morgan fingerprint density at radius 1 is 1.03 bits per heavy atom. The van der Waals surface area contributed by atoms with Crippen molar-refractivity contribution in [1.82, 2.24) is 4.98 Å². The molecule has 0 saturated heterocycles. The molecule has 2 aromatic carbocycles. The molecule has 0 spiro atoms. The SMILES string of the molecule is COc1ccc(C23CCC(CNc4cccc(-c5coc(C6CC6)n5)c4)(CC2)CC3)cc1C. The molecule has 0 radical (unpaired) electrons. The van der Waals surface area contributed by atoms with Crippen molar-refractivity contribution in [2.45, 2.75) is 69.6 Å². The predicted octanol–water partition coefficient (Wildman–Crippen LogP) is 7.24. The van der Waals surface area contributed by atoms with E-state index in [-0.39, 0.29) is 0 Å². The van der Waals surface area contributed by atoms with Crippen LogP contribution in [0.25, 0.3) is 11.3 Å². The van der Waals surface area contributed by atoms with E-state index in [0.717, 1.165) is 29.4 Å². The van der Waals surface area contributed by atoms with Crippen molar-refractivity contribution in [1.29, 1.82) is 0 Å². The first-order chi connectivity index (χ1) is 16.1. The highest BCUT2D eigenvalue weighted by Crippen LogP contribution is 2.58. The van der Waals surface area contributed by atoms with Crippen LogP contribution >= 0.6 is 0 Å². The summed E-state index contributed by atoms with van der Waals surface area (Å²) in [5, 5.41) is 3.78. The highest BCUT2D eigenvalue weighted by atomic mass is 16.5. The number of aromatic nitrogens is 1. The standard InChI is InChI=1S/C29H34N2O2/c1-20-16-23(8-9-26(20)32-2)29-13-10-28(11-14-29,12-15-29)19-30-24-5-3-4-22(17-24)25-18-33-27(31-25)21-6-7-21/h3-5,8-9,16-18,21,30H,6-7,10-15,19H2,1-2H3. The predicted molar refractivity (Wildman–Crippen MR) is 132 cm³/mol. The molecule has 172 valence electrons. The van der Waals surface area contributed by atoms with E-state index in [2.05, 4.69) is 54.7 Å². The summed E-state index contributed by atoms with van der Waals surface area (Å²) in [6.07, 6.45) is 12.0. The summed E-state index contributed by atoms with van der Waals surface area (Å²) in [6, 6.07) is 15.5. The van der Waals surface area contributed by atoms with Gasteiger partial charge in [0.25, 0.3) is 0 Å². The molecule has 4 nitrogen and oxygen atoms in total. The Kier molecular flexibility index (Phi) is 5.01. The Balaban J connectivity index is 1.12. The van der Waals surface area contributed by atoms with Gasteiger partial charge in [0.15, 0.2) is 5.89 Å². The van der Waals surface area contributed by atoms with Gasteiger partial charge in [0.2, 0.25) is 0 Å². The van der Waals surface area contributed by atoms with E-state index in [4.69, 9.17) is 14.1 Å². The molecule has 0 atom stereocenters. The number of oxazole rings is 1. The Bertz CT molecular complexity index is 1140. The molecule has 3 aromatic rings. The highest BCUT2D eigenvalue weighted by Gasteiger charge is 2.49. The average Bonchev–Trinajstić information content (AvgIpc) is 3.60. The summed E-state index contributed by atoms with van der Waals surface area (Å²) in [6.45, 7) is 3.22. The number of fused-ring (bicyclic) bond motifs is 3. The van der Waals surface area contributed by atoms with Gasteiger partial charge < -0.3 is 14.5 Å². The molecular weight excluding hydrogens is 408 g/mol. The quantitative estimate of drug-likeness (QED) is 0.419. The van der Waals surface area contributed by atoms with Gasteiger partial charge in [-0.2, -0.15) is 0 Å². The zero-order valence-electron chi connectivity index (χ0n) is 19.8. The van der Waals surface area contributed by atoms with Gasteiger partial charge in [0.1, 0.15) is 17.7 Å². The number of hydrogen-bond donors (Lipinski definition) is 1. The van der Waals surface area contributed by atoms with Crippen LogP contribution in [0.3, 0.4) is 0 Å². The molecule has 1 N–H and O–H groups in total. The van der Waals surface area contributed by atoms with Crippen molar-refractivity contribution < 1.29 is 9.15 Å². The van der Waals surface area contributed by atoms with Crippen LogP contribution in [0.5, 0.6) is 5.75 Å². The molecule has 33 heavy (non-hydrogen) atoms. The van der Waals surface area contributed by atoms with Gasteiger partial charge >= 0.3 is 0 Å². The topological polar surface area (TPSA) is 47.3 Å². The first-order valence-electron chi connectivity index (χ1n) is 12.5. The van der Waals surface area contributed by atoms with Crippen molar-refractivity contribution in [2.75, 3.05) is 19.0 Å². The molecule has 7 rings (SSSR count). The van der Waals surface area contributed by atoms with Crippen molar-refractivity contribution in [3.63, 3.8) is 0 Å². The largest absolute Gasteiger partial charge is 0.496 e. The highest BCUT2D eigenvalue weighted by molar-refractivity contribution is 5.64. The molecule has 1 heterocycles. The van der Waals surface area contributed by atoms with Crippen LogP contribution in [0.4, 0.5) is 5.69 Å². The average molecular weight is 443 g/mol. The molecule has 4 heteroatoms. The third-order valence-corrected chi connectivity index (χ3v) is 8.68. The van der Waals surface area contributed by atoms with Crippen LogP contribution in [0.1, 0.15) is 74.3 Å². The molecule has 0 unspecified atom stereocenters. The van der Waals surface area contributed by atoms with Crippen LogP contribution in [0.2, 0.25) is 0 Å². The number of nitrogens with zero attached hydrogens (tertiary/aromatic N) is 1. The number of nitrogens with one attached hydrogen (secondary N) is 1. The monoisotopic (exact) mass is 442 g/mol. The smallest absolute Gasteiger partial charge is 0.197 e. The molecule has 4 fully saturated rings. The molecule has 1 aromatic heterocycles. The van der Waals surface area contributed by atoms with E-state index in [9.17, 15) is 0 Å². The Labute approximate surface area is 196 Å². The minimum Gasteiger partial charge on any atom is -0.496 e. The fraction of sp³-hybridized carbons (Fsp3) is 0.483. The summed E-state index contributed by atoms with van der Waals surface area (Å²) in [5.74, 6) is 2.45. The second-order valence-corrected chi connectivity index (χ2v) is 10.7. The number of anilines is 1. The fourth-order valence-electron chi connectivity index (χ4n) is 6.19. The van der Waals surface area contributed by atoms with Gasteiger partial charge in [-0.3, -0.25) is 0 Å². The van der Waals surface area contributed by atoms with E-state index in [0.29, 0.717) is 16.7 Å². The van der Waals surface area contributed by atoms with E-state index in [1.165, 1.54) is 68.2 Å². The fourth-order valence-corrected chi connectivity index (χ4v) is 6.19. The van der Waals surface area contributed by atoms with Crippen LogP contribution < -0.4 is 10.1 Å². The van der Waals surface area contributed by atoms with Crippen molar-refractivity contribution in [2.24, 2.45) is 5.41 Å². The number of hydrogen-bond acceptors (Lipinski definition) is 4. The lowest BCUT2D eigenvalue weighted by Gasteiger charge is -2.54. The minimum atomic E-state index is 0.366. The number of ether oxygens (including phenoxy) is 1. The van der Waals surface area contributed by atoms with Gasteiger partial charge in [-0.25, -0.2) is 4.98 Å². The summed E-state index contributed by atoms with van der Waals surface area (Å²) in [7, 11) is 1.76. The lowest BCUT2D eigenvalue weighted by Crippen LogP contribution is -2.47. The van der Waals surface area contributed by atoms with Gasteiger partial charge in [-0.05, 0) is 98.4 Å². The second-order valence-electron chi connectivity index (χ2n) is 10.7. The number of methoxy groups -OCH3 is 1. The lowest BCUT2D eigenvalue weighted by atomic mass is 9.52. The normalized spacial score (nSPS) is 26.4. The summed E-state index contributed by atoms with van der Waals surface area (Å²) in [5.41, 5.74) is 6.84. The molecular formula is C29H34N2O2. The van der Waals surface area contributed by atoms with E-state index in [1.54, 1.807) is 7.11 Å². The molecule has 0 aliphatic heterocycles. The van der Waals surface area contributed by atoms with E-state index in [1.807, 2.05) is 6.26 Å². The summed E-state index contributed by atoms with van der Waals surface area (Å²) < 4.78 is 11.2.